The molecule has 0 bridgehead atoms. The Morgan fingerprint density at radius 2 is 2.18 bits per heavy atom. The highest BCUT2D eigenvalue weighted by atomic mass is 127. The van der Waals surface area contributed by atoms with E-state index in [9.17, 15) is 0 Å². The number of para-hydroxylation sites is 1. The van der Waals surface area contributed by atoms with Crippen molar-refractivity contribution in [3.63, 3.8) is 0 Å². The smallest absolute Gasteiger partial charge is 0.123 e. The lowest BCUT2D eigenvalue weighted by Gasteiger charge is -2.21. The monoisotopic (exact) mass is 260 g/mol. The van der Waals surface area contributed by atoms with Gasteiger partial charge in [0.25, 0.3) is 0 Å². The molecule has 0 aliphatic carbocycles. The van der Waals surface area contributed by atoms with Crippen molar-refractivity contribution in [2.75, 3.05) is 6.61 Å². The van der Waals surface area contributed by atoms with E-state index >= 15 is 0 Å². The predicted molar refractivity (Wildman–Crippen MR) is 53.3 cm³/mol. The van der Waals surface area contributed by atoms with Crippen LogP contribution in [0.5, 0.6) is 5.75 Å². The highest BCUT2D eigenvalue weighted by Crippen LogP contribution is 2.37. The zero-order valence-corrected chi connectivity index (χ0v) is 8.24. The minimum Gasteiger partial charge on any atom is -0.493 e. The van der Waals surface area contributed by atoms with Gasteiger partial charge in [-0.25, -0.2) is 0 Å². The summed E-state index contributed by atoms with van der Waals surface area (Å²) >= 11 is 2.47. The molecule has 58 valence electrons. The molecule has 0 fully saturated rings. The van der Waals surface area contributed by atoms with Gasteiger partial charge in [-0.15, -0.1) is 0 Å². The largest absolute Gasteiger partial charge is 0.493 e. The third-order valence-corrected chi connectivity index (χ3v) is 3.18. The number of fused-ring (bicyclic) bond motifs is 1. The molecule has 1 aliphatic heterocycles. The van der Waals surface area contributed by atoms with Gasteiger partial charge in [0.2, 0.25) is 0 Å². The van der Waals surface area contributed by atoms with Gasteiger partial charge in [-0.1, -0.05) is 40.8 Å². The zero-order valence-electron chi connectivity index (χ0n) is 6.09. The van der Waals surface area contributed by atoms with Crippen molar-refractivity contribution >= 4 is 22.6 Å². The van der Waals surface area contributed by atoms with Crippen molar-refractivity contribution in [2.45, 2.75) is 10.3 Å². The Morgan fingerprint density at radius 1 is 1.36 bits per heavy atom. The van der Waals surface area contributed by atoms with E-state index in [0.29, 0.717) is 3.92 Å². The van der Waals surface area contributed by atoms with Gasteiger partial charge in [0.15, 0.2) is 0 Å². The van der Waals surface area contributed by atoms with Crippen LogP contribution in [0.3, 0.4) is 0 Å². The second-order valence-corrected chi connectivity index (χ2v) is 4.15. The van der Waals surface area contributed by atoms with Crippen molar-refractivity contribution in [3.05, 3.63) is 29.8 Å². The number of halogens is 1. The third kappa shape index (κ3) is 1.36. The van der Waals surface area contributed by atoms with Gasteiger partial charge in [-0.2, -0.15) is 0 Å². The molecule has 1 aromatic carbocycles. The average molecular weight is 260 g/mol. The maximum atomic E-state index is 5.49. The normalized spacial score (nSPS) is 22.1. The predicted octanol–water partition coefficient (Wildman–Crippen LogP) is 2.95. The molecular weight excluding hydrogens is 251 g/mol. The number of alkyl halides is 1. The summed E-state index contributed by atoms with van der Waals surface area (Å²) in [4.78, 5) is 0. The summed E-state index contributed by atoms with van der Waals surface area (Å²) in [6.45, 7) is 0.866. The van der Waals surface area contributed by atoms with Gasteiger partial charge in [0, 0.05) is 9.49 Å². The lowest BCUT2D eigenvalue weighted by atomic mass is 10.1. The van der Waals surface area contributed by atoms with E-state index in [4.69, 9.17) is 4.74 Å². The van der Waals surface area contributed by atoms with Crippen LogP contribution in [-0.4, -0.2) is 6.61 Å². The summed E-state index contributed by atoms with van der Waals surface area (Å²) < 4.78 is 6.13. The SMILES string of the molecule is I[C@H]1CCOc2ccccc21. The van der Waals surface area contributed by atoms with Crippen molar-refractivity contribution in [3.8, 4) is 5.75 Å². The van der Waals surface area contributed by atoms with Gasteiger partial charge in [-0.3, -0.25) is 0 Å². The van der Waals surface area contributed by atoms with Crippen molar-refractivity contribution in [1.29, 1.82) is 0 Å². The minimum absolute atomic E-state index is 0.637. The van der Waals surface area contributed by atoms with E-state index in [2.05, 4.69) is 34.7 Å². The first-order valence-corrected chi connectivity index (χ1v) is 4.98. The Labute approximate surface area is 79.9 Å². The first-order chi connectivity index (χ1) is 5.38. The van der Waals surface area contributed by atoms with Crippen LogP contribution in [-0.2, 0) is 0 Å². The Kier molecular flexibility index (Phi) is 2.02. The maximum absolute atomic E-state index is 5.49. The Balaban J connectivity index is 2.44. The van der Waals surface area contributed by atoms with Crippen LogP contribution >= 0.6 is 22.6 Å². The fraction of sp³-hybridized carbons (Fsp3) is 0.333. The highest BCUT2D eigenvalue weighted by Gasteiger charge is 2.17. The number of hydrogen-bond donors (Lipinski definition) is 0. The highest BCUT2D eigenvalue weighted by molar-refractivity contribution is 14.1. The zero-order chi connectivity index (χ0) is 7.68. The second kappa shape index (κ2) is 3.01. The standard InChI is InChI=1S/C9H9IO/c10-8-5-6-11-9-4-2-1-3-7(8)9/h1-4,8H,5-6H2/t8-/m0/s1. The molecule has 1 nitrogen and oxygen atoms in total. The van der Waals surface area contributed by atoms with Gasteiger partial charge < -0.3 is 4.74 Å². The summed E-state index contributed by atoms with van der Waals surface area (Å²) in [7, 11) is 0. The van der Waals surface area contributed by atoms with Crippen molar-refractivity contribution in [1.82, 2.24) is 0 Å². The van der Waals surface area contributed by atoms with E-state index in [1.807, 2.05) is 12.1 Å². The van der Waals surface area contributed by atoms with E-state index in [-0.39, 0.29) is 0 Å². The Morgan fingerprint density at radius 3 is 3.00 bits per heavy atom. The fourth-order valence-corrected chi connectivity index (χ4v) is 2.07. The minimum atomic E-state index is 0.637. The van der Waals surface area contributed by atoms with Gasteiger partial charge in [-0.05, 0) is 12.5 Å². The maximum Gasteiger partial charge on any atom is 0.123 e. The van der Waals surface area contributed by atoms with E-state index in [1.54, 1.807) is 0 Å². The molecule has 1 heterocycles. The van der Waals surface area contributed by atoms with Crippen LogP contribution in [0, 0.1) is 0 Å². The van der Waals surface area contributed by atoms with Crippen LogP contribution in [0.4, 0.5) is 0 Å². The summed E-state index contributed by atoms with van der Waals surface area (Å²) in [5.74, 6) is 1.07. The van der Waals surface area contributed by atoms with Crippen LogP contribution < -0.4 is 4.74 Å². The topological polar surface area (TPSA) is 9.23 Å². The molecule has 0 amide bonds. The van der Waals surface area contributed by atoms with Gasteiger partial charge in [0.1, 0.15) is 5.75 Å². The van der Waals surface area contributed by atoms with Crippen LogP contribution in [0.1, 0.15) is 15.9 Å². The summed E-state index contributed by atoms with van der Waals surface area (Å²) in [6, 6.07) is 8.28. The van der Waals surface area contributed by atoms with Crippen molar-refractivity contribution in [2.24, 2.45) is 0 Å². The average Bonchev–Trinajstić information content (AvgIpc) is 2.06. The molecule has 0 N–H and O–H groups in total. The number of ether oxygens (including phenoxy) is 1. The Bertz CT molecular complexity index is 259. The number of hydrogen-bond acceptors (Lipinski definition) is 1. The molecule has 2 rings (SSSR count). The lowest BCUT2D eigenvalue weighted by molar-refractivity contribution is 0.289. The molecule has 2 heteroatoms. The van der Waals surface area contributed by atoms with Crippen LogP contribution in [0.15, 0.2) is 24.3 Å². The van der Waals surface area contributed by atoms with Crippen LogP contribution in [0.25, 0.3) is 0 Å². The van der Waals surface area contributed by atoms with E-state index in [1.165, 1.54) is 5.56 Å². The number of benzene rings is 1. The fourth-order valence-electron chi connectivity index (χ4n) is 1.30. The summed E-state index contributed by atoms with van der Waals surface area (Å²) in [6.07, 6.45) is 1.14. The van der Waals surface area contributed by atoms with E-state index in [0.717, 1.165) is 18.8 Å². The molecule has 0 radical (unpaired) electrons. The molecule has 0 saturated heterocycles. The molecule has 1 atom stereocenters. The molecular formula is C9H9IO. The molecule has 0 spiro atoms. The molecule has 0 unspecified atom stereocenters. The molecule has 1 aromatic rings. The quantitative estimate of drug-likeness (QED) is 0.514. The van der Waals surface area contributed by atoms with E-state index < -0.39 is 0 Å². The summed E-state index contributed by atoms with van der Waals surface area (Å²) in [5.41, 5.74) is 1.35. The van der Waals surface area contributed by atoms with Gasteiger partial charge in [0.05, 0.1) is 6.61 Å². The Hall–Kier alpha value is -0.250. The molecule has 11 heavy (non-hydrogen) atoms. The van der Waals surface area contributed by atoms with Crippen LogP contribution in [0.2, 0.25) is 0 Å². The lowest BCUT2D eigenvalue weighted by Crippen LogP contribution is -2.09. The second-order valence-electron chi connectivity index (χ2n) is 2.64. The van der Waals surface area contributed by atoms with Gasteiger partial charge >= 0.3 is 0 Å². The first kappa shape index (κ1) is 7.40. The molecule has 0 aromatic heterocycles. The molecule has 1 aliphatic rings. The molecule has 0 saturated carbocycles. The summed E-state index contributed by atoms with van der Waals surface area (Å²) in [5, 5.41) is 0. The first-order valence-electron chi connectivity index (χ1n) is 3.74. The third-order valence-electron chi connectivity index (χ3n) is 1.89. The number of rotatable bonds is 0. The van der Waals surface area contributed by atoms with Crippen molar-refractivity contribution < 1.29 is 4.74 Å².